The van der Waals surface area contributed by atoms with Gasteiger partial charge in [0.15, 0.2) is 0 Å². The van der Waals surface area contributed by atoms with Crippen LogP contribution >= 0.6 is 11.3 Å². The molecule has 2 aromatic heterocycles. The summed E-state index contributed by atoms with van der Waals surface area (Å²) in [5, 5.41) is 5.37. The van der Waals surface area contributed by atoms with Crippen LogP contribution in [0.15, 0.2) is 51.7 Å². The maximum Gasteiger partial charge on any atom is 0.344 e. The number of hydrogen-bond acceptors (Lipinski definition) is 6. The summed E-state index contributed by atoms with van der Waals surface area (Å²) < 4.78 is 6.80. The summed E-state index contributed by atoms with van der Waals surface area (Å²) in [5.41, 5.74) is 3.87. The van der Waals surface area contributed by atoms with Gasteiger partial charge in [-0.2, -0.15) is 0 Å². The van der Waals surface area contributed by atoms with E-state index in [0.717, 1.165) is 64.5 Å². The van der Waals surface area contributed by atoms with E-state index in [2.05, 4.69) is 21.3 Å². The number of hydrogen-bond donors (Lipinski definition) is 1. The standard InChI is InChI=1S/C22H21N3O2S/c1-14-24-19-6-4-15(12-21(19)28-14)18-11-16-3-5-17(13-20(16)27-22(18)26)25-9-2-7-23-8-10-25/h3-6,11-13,23H,2,7-10H2,1H3. The Morgan fingerprint density at radius 2 is 2.04 bits per heavy atom. The average molecular weight is 391 g/mol. The SMILES string of the molecule is Cc1nc2ccc(-c3cc4ccc(N5CCCNCC5)cc4oc3=O)cc2s1. The zero-order valence-electron chi connectivity index (χ0n) is 15.7. The third-order valence-electron chi connectivity index (χ3n) is 5.23. The van der Waals surface area contributed by atoms with Crippen molar-refractivity contribution in [1.29, 1.82) is 0 Å². The van der Waals surface area contributed by atoms with Crippen LogP contribution in [0.25, 0.3) is 32.3 Å². The predicted molar refractivity (Wildman–Crippen MR) is 116 cm³/mol. The molecular weight excluding hydrogens is 370 g/mol. The average Bonchev–Trinajstić information content (AvgIpc) is 2.89. The van der Waals surface area contributed by atoms with Crippen LogP contribution in [0.4, 0.5) is 5.69 Å². The van der Waals surface area contributed by atoms with Crippen molar-refractivity contribution in [2.75, 3.05) is 31.1 Å². The van der Waals surface area contributed by atoms with E-state index in [1.54, 1.807) is 11.3 Å². The van der Waals surface area contributed by atoms with Crippen LogP contribution in [0.5, 0.6) is 0 Å². The van der Waals surface area contributed by atoms with Crippen molar-refractivity contribution in [1.82, 2.24) is 10.3 Å². The first-order chi connectivity index (χ1) is 13.7. The second kappa shape index (κ2) is 7.04. The topological polar surface area (TPSA) is 58.4 Å². The molecule has 28 heavy (non-hydrogen) atoms. The molecule has 0 radical (unpaired) electrons. The second-order valence-corrected chi connectivity index (χ2v) is 8.41. The van der Waals surface area contributed by atoms with Gasteiger partial charge in [0.1, 0.15) is 5.58 Å². The fraction of sp³-hybridized carbons (Fsp3) is 0.273. The molecule has 0 spiro atoms. The molecule has 6 heteroatoms. The van der Waals surface area contributed by atoms with Crippen LogP contribution in [0.2, 0.25) is 0 Å². The molecule has 0 saturated carbocycles. The highest BCUT2D eigenvalue weighted by Crippen LogP contribution is 2.29. The fourth-order valence-electron chi connectivity index (χ4n) is 3.81. The van der Waals surface area contributed by atoms with Gasteiger partial charge in [-0.1, -0.05) is 6.07 Å². The van der Waals surface area contributed by atoms with Gasteiger partial charge >= 0.3 is 5.63 Å². The van der Waals surface area contributed by atoms with Crippen molar-refractivity contribution >= 4 is 38.2 Å². The van der Waals surface area contributed by atoms with Gasteiger partial charge in [-0.05, 0) is 55.8 Å². The molecule has 0 bridgehead atoms. The first-order valence-corrected chi connectivity index (χ1v) is 10.4. The molecule has 1 aliphatic heterocycles. The maximum atomic E-state index is 12.7. The maximum absolute atomic E-state index is 12.7. The molecule has 1 aliphatic rings. The van der Waals surface area contributed by atoms with Crippen molar-refractivity contribution in [3.8, 4) is 11.1 Å². The Bertz CT molecular complexity index is 1220. The number of nitrogens with zero attached hydrogens (tertiary/aromatic N) is 2. The molecule has 0 atom stereocenters. The quantitative estimate of drug-likeness (QED) is 0.520. The number of nitrogens with one attached hydrogen (secondary N) is 1. The van der Waals surface area contributed by atoms with E-state index in [4.69, 9.17) is 4.42 Å². The molecule has 0 aliphatic carbocycles. The van der Waals surface area contributed by atoms with Crippen molar-refractivity contribution in [2.24, 2.45) is 0 Å². The van der Waals surface area contributed by atoms with Crippen molar-refractivity contribution in [2.45, 2.75) is 13.3 Å². The van der Waals surface area contributed by atoms with E-state index in [1.165, 1.54) is 0 Å². The predicted octanol–water partition coefficient (Wildman–Crippen LogP) is 4.18. The Balaban J connectivity index is 1.56. The van der Waals surface area contributed by atoms with E-state index in [1.807, 2.05) is 43.3 Å². The van der Waals surface area contributed by atoms with Crippen LogP contribution in [0, 0.1) is 6.92 Å². The Morgan fingerprint density at radius 1 is 1.11 bits per heavy atom. The molecule has 2 aromatic carbocycles. The van der Waals surface area contributed by atoms with Gasteiger partial charge < -0.3 is 14.6 Å². The Kier molecular flexibility index (Phi) is 4.37. The van der Waals surface area contributed by atoms with Crippen molar-refractivity contribution in [3.05, 3.63) is 57.9 Å². The highest BCUT2D eigenvalue weighted by Gasteiger charge is 2.13. The molecule has 3 heterocycles. The van der Waals surface area contributed by atoms with Crippen molar-refractivity contribution in [3.63, 3.8) is 0 Å². The zero-order chi connectivity index (χ0) is 19.1. The number of aromatic nitrogens is 1. The molecule has 1 N–H and O–H groups in total. The summed E-state index contributed by atoms with van der Waals surface area (Å²) in [6.45, 7) is 5.98. The van der Waals surface area contributed by atoms with E-state index >= 15 is 0 Å². The number of aryl methyl sites for hydroxylation is 1. The van der Waals surface area contributed by atoms with Gasteiger partial charge in [0.25, 0.3) is 0 Å². The molecule has 0 unspecified atom stereocenters. The monoisotopic (exact) mass is 391 g/mol. The van der Waals surface area contributed by atoms with E-state index in [-0.39, 0.29) is 5.63 Å². The van der Waals surface area contributed by atoms with Gasteiger partial charge in [0.2, 0.25) is 0 Å². The van der Waals surface area contributed by atoms with Gasteiger partial charge in [0, 0.05) is 36.8 Å². The summed E-state index contributed by atoms with van der Waals surface area (Å²) >= 11 is 1.64. The molecule has 4 aromatic rings. The number of fused-ring (bicyclic) bond motifs is 2. The first kappa shape index (κ1) is 17.4. The minimum Gasteiger partial charge on any atom is -0.422 e. The lowest BCUT2D eigenvalue weighted by molar-refractivity contribution is 0.563. The van der Waals surface area contributed by atoms with E-state index in [9.17, 15) is 4.79 Å². The van der Waals surface area contributed by atoms with Gasteiger partial charge in [-0.15, -0.1) is 11.3 Å². The largest absolute Gasteiger partial charge is 0.422 e. The van der Waals surface area contributed by atoms with Gasteiger partial charge in [-0.25, -0.2) is 9.78 Å². The minimum absolute atomic E-state index is 0.303. The molecule has 5 rings (SSSR count). The number of rotatable bonds is 2. The molecule has 1 saturated heterocycles. The first-order valence-electron chi connectivity index (χ1n) is 9.58. The van der Waals surface area contributed by atoms with E-state index in [0.29, 0.717) is 11.1 Å². The molecule has 5 nitrogen and oxygen atoms in total. The highest BCUT2D eigenvalue weighted by atomic mass is 32.1. The van der Waals surface area contributed by atoms with Crippen molar-refractivity contribution < 1.29 is 4.42 Å². The van der Waals surface area contributed by atoms with Crippen LogP contribution in [0.3, 0.4) is 0 Å². The second-order valence-electron chi connectivity index (χ2n) is 7.18. The third kappa shape index (κ3) is 3.19. The summed E-state index contributed by atoms with van der Waals surface area (Å²) in [6.07, 6.45) is 1.11. The molecular formula is C22H21N3O2S. The van der Waals surface area contributed by atoms with Crippen LogP contribution in [-0.4, -0.2) is 31.2 Å². The molecule has 0 amide bonds. The number of thiazole rings is 1. The number of benzene rings is 2. The summed E-state index contributed by atoms with van der Waals surface area (Å²) in [6, 6.07) is 14.0. The zero-order valence-corrected chi connectivity index (χ0v) is 16.5. The Morgan fingerprint density at radius 3 is 2.96 bits per heavy atom. The lowest BCUT2D eigenvalue weighted by atomic mass is 10.1. The van der Waals surface area contributed by atoms with Crippen LogP contribution in [0.1, 0.15) is 11.4 Å². The lowest BCUT2D eigenvalue weighted by Gasteiger charge is -2.22. The van der Waals surface area contributed by atoms with Crippen LogP contribution in [-0.2, 0) is 0 Å². The third-order valence-corrected chi connectivity index (χ3v) is 6.16. The summed E-state index contributed by atoms with van der Waals surface area (Å²) in [5.74, 6) is 0. The highest BCUT2D eigenvalue weighted by molar-refractivity contribution is 7.18. The van der Waals surface area contributed by atoms with Gasteiger partial charge in [0.05, 0.1) is 20.8 Å². The fourth-order valence-corrected chi connectivity index (χ4v) is 4.68. The smallest absolute Gasteiger partial charge is 0.344 e. The lowest BCUT2D eigenvalue weighted by Crippen LogP contribution is -2.27. The van der Waals surface area contributed by atoms with E-state index < -0.39 is 0 Å². The summed E-state index contributed by atoms with van der Waals surface area (Å²) in [4.78, 5) is 19.5. The van der Waals surface area contributed by atoms with Crippen LogP contribution < -0.4 is 15.8 Å². The Hall–Kier alpha value is -2.70. The molecule has 142 valence electrons. The summed E-state index contributed by atoms with van der Waals surface area (Å²) in [7, 11) is 0. The Labute approximate surface area is 166 Å². The normalized spacial score (nSPS) is 15.2. The van der Waals surface area contributed by atoms with Gasteiger partial charge in [-0.3, -0.25) is 0 Å². The minimum atomic E-state index is -0.303. The number of anilines is 1. The molecule has 1 fully saturated rings.